The number of benzene rings is 1. The van der Waals surface area contributed by atoms with Crippen molar-refractivity contribution in [1.82, 2.24) is 5.32 Å². The van der Waals surface area contributed by atoms with E-state index >= 15 is 0 Å². The fourth-order valence-corrected chi connectivity index (χ4v) is 2.49. The number of rotatable bonds is 7. The second-order valence-corrected chi connectivity index (χ2v) is 5.37. The summed E-state index contributed by atoms with van der Waals surface area (Å²) in [6.07, 6.45) is 3.34. The van der Waals surface area contributed by atoms with Crippen LogP contribution in [0.2, 0.25) is 0 Å². The van der Waals surface area contributed by atoms with Gasteiger partial charge in [-0.2, -0.15) is 0 Å². The van der Waals surface area contributed by atoms with Gasteiger partial charge in [-0.05, 0) is 31.2 Å². The van der Waals surface area contributed by atoms with Crippen LogP contribution in [0.3, 0.4) is 0 Å². The van der Waals surface area contributed by atoms with Crippen molar-refractivity contribution in [1.29, 1.82) is 0 Å². The highest BCUT2D eigenvalue weighted by molar-refractivity contribution is 5.76. The molecule has 1 aliphatic heterocycles. The molecule has 0 saturated carbocycles. The van der Waals surface area contributed by atoms with Crippen molar-refractivity contribution in [3.8, 4) is 0 Å². The average Bonchev–Trinajstić information content (AvgIpc) is 2.45. The van der Waals surface area contributed by atoms with Gasteiger partial charge in [-0.1, -0.05) is 30.3 Å². The van der Waals surface area contributed by atoms with Gasteiger partial charge in [0.25, 0.3) is 0 Å². The quantitative estimate of drug-likeness (QED) is 0.750. The zero-order chi connectivity index (χ0) is 14.2. The molecule has 1 aromatic carbocycles. The highest BCUT2D eigenvalue weighted by atomic mass is 16.5. The number of amides is 1. The molecule has 2 rings (SSSR count). The number of hydrogen-bond acceptors (Lipinski definition) is 3. The Morgan fingerprint density at radius 2 is 2.15 bits per heavy atom. The molecule has 1 amide bonds. The lowest BCUT2D eigenvalue weighted by Gasteiger charge is -2.25. The van der Waals surface area contributed by atoms with E-state index in [9.17, 15) is 9.90 Å². The van der Waals surface area contributed by atoms with Crippen molar-refractivity contribution < 1.29 is 14.6 Å². The molecule has 0 radical (unpaired) electrons. The summed E-state index contributed by atoms with van der Waals surface area (Å²) >= 11 is 0. The minimum atomic E-state index is -0.408. The van der Waals surface area contributed by atoms with E-state index in [-0.39, 0.29) is 11.9 Å². The minimum Gasteiger partial charge on any atom is -0.393 e. The molecular formula is C16H23NO3. The number of piperidine rings is 1. The first-order valence-corrected chi connectivity index (χ1v) is 7.33. The van der Waals surface area contributed by atoms with Crippen molar-refractivity contribution in [2.24, 2.45) is 0 Å². The number of ether oxygens (including phenoxy) is 1. The highest BCUT2D eigenvalue weighted by Gasteiger charge is 2.20. The van der Waals surface area contributed by atoms with E-state index in [2.05, 4.69) is 5.32 Å². The number of aliphatic hydroxyl groups is 1. The van der Waals surface area contributed by atoms with Gasteiger partial charge in [-0.15, -0.1) is 0 Å². The van der Waals surface area contributed by atoms with Gasteiger partial charge in [-0.3, -0.25) is 4.79 Å². The summed E-state index contributed by atoms with van der Waals surface area (Å²) in [5.74, 6) is 0.105. The maximum atomic E-state index is 11.3. The highest BCUT2D eigenvalue weighted by Crippen LogP contribution is 2.14. The molecule has 1 fully saturated rings. The first-order chi connectivity index (χ1) is 9.74. The van der Waals surface area contributed by atoms with Crippen LogP contribution >= 0.6 is 0 Å². The maximum Gasteiger partial charge on any atom is 0.220 e. The lowest BCUT2D eigenvalue weighted by molar-refractivity contribution is -0.123. The fraction of sp³-hybridized carbons (Fsp3) is 0.562. The molecule has 0 spiro atoms. The topological polar surface area (TPSA) is 58.6 Å². The number of aliphatic hydroxyl groups excluding tert-OH is 1. The molecule has 1 heterocycles. The number of hydrogen-bond donors (Lipinski definition) is 2. The zero-order valence-electron chi connectivity index (χ0n) is 11.8. The van der Waals surface area contributed by atoms with Crippen LogP contribution in [0.4, 0.5) is 0 Å². The van der Waals surface area contributed by atoms with Crippen molar-refractivity contribution in [3.63, 3.8) is 0 Å². The van der Waals surface area contributed by atoms with Crippen LogP contribution < -0.4 is 5.32 Å². The van der Waals surface area contributed by atoms with Crippen LogP contribution in [0, 0.1) is 0 Å². The van der Waals surface area contributed by atoms with Gasteiger partial charge < -0.3 is 15.2 Å². The van der Waals surface area contributed by atoms with Crippen molar-refractivity contribution in [3.05, 3.63) is 35.9 Å². The van der Waals surface area contributed by atoms with Crippen LogP contribution in [0.5, 0.6) is 0 Å². The van der Waals surface area contributed by atoms with E-state index in [1.54, 1.807) is 0 Å². The van der Waals surface area contributed by atoms with Crippen molar-refractivity contribution in [2.45, 2.75) is 50.9 Å². The van der Waals surface area contributed by atoms with E-state index in [4.69, 9.17) is 4.74 Å². The number of nitrogens with one attached hydrogen (secondary N) is 1. The fourth-order valence-electron chi connectivity index (χ4n) is 2.49. The molecular weight excluding hydrogens is 254 g/mol. The Balaban J connectivity index is 1.58. The molecule has 2 N–H and O–H groups in total. The van der Waals surface area contributed by atoms with Crippen LogP contribution in [0.1, 0.15) is 37.7 Å². The third-order valence-corrected chi connectivity index (χ3v) is 3.59. The zero-order valence-corrected chi connectivity index (χ0v) is 11.8. The van der Waals surface area contributed by atoms with Gasteiger partial charge in [0.05, 0.1) is 12.7 Å². The maximum absolute atomic E-state index is 11.3. The van der Waals surface area contributed by atoms with Gasteiger partial charge in [0.1, 0.15) is 0 Å². The molecule has 20 heavy (non-hydrogen) atoms. The summed E-state index contributed by atoms with van der Waals surface area (Å²) in [6, 6.07) is 10.1. The van der Waals surface area contributed by atoms with Gasteiger partial charge in [0.15, 0.2) is 0 Å². The predicted octanol–water partition coefficient (Wildman–Crippen LogP) is 2.01. The average molecular weight is 277 g/mol. The Morgan fingerprint density at radius 3 is 2.90 bits per heavy atom. The smallest absolute Gasteiger partial charge is 0.220 e. The summed E-state index contributed by atoms with van der Waals surface area (Å²) < 4.78 is 5.55. The normalized spacial score (nSPS) is 20.4. The lowest BCUT2D eigenvalue weighted by Crippen LogP contribution is -2.40. The molecule has 2 atom stereocenters. The van der Waals surface area contributed by atoms with Crippen LogP contribution in [-0.4, -0.2) is 29.8 Å². The largest absolute Gasteiger partial charge is 0.393 e. The van der Waals surface area contributed by atoms with Crippen molar-refractivity contribution in [2.75, 3.05) is 6.61 Å². The summed E-state index contributed by atoms with van der Waals surface area (Å²) in [5, 5.41) is 12.9. The molecule has 4 heteroatoms. The summed E-state index contributed by atoms with van der Waals surface area (Å²) in [7, 11) is 0. The Hall–Kier alpha value is -1.39. The molecule has 1 saturated heterocycles. The number of carbonyl (C=O) groups excluding carboxylic acids is 1. The van der Waals surface area contributed by atoms with Crippen LogP contribution in [0.15, 0.2) is 30.3 Å². The van der Waals surface area contributed by atoms with E-state index < -0.39 is 6.10 Å². The summed E-state index contributed by atoms with van der Waals surface area (Å²) in [4.78, 5) is 11.3. The molecule has 110 valence electrons. The molecule has 4 nitrogen and oxygen atoms in total. The summed E-state index contributed by atoms with van der Waals surface area (Å²) in [5.41, 5.74) is 1.14. The first kappa shape index (κ1) is 15.0. The standard InChI is InChI=1S/C16H23NO3/c18-15(11-14-7-4-8-16(19)17-14)9-10-20-12-13-5-2-1-3-6-13/h1-3,5-6,14-15,18H,4,7-12H2,(H,17,19)/t14-,15+/m0/s1. The monoisotopic (exact) mass is 277 g/mol. The molecule has 0 bridgehead atoms. The molecule has 0 unspecified atom stereocenters. The molecule has 0 aromatic heterocycles. The Labute approximate surface area is 120 Å². The predicted molar refractivity (Wildman–Crippen MR) is 77.1 cm³/mol. The van der Waals surface area contributed by atoms with Gasteiger partial charge in [0.2, 0.25) is 5.91 Å². The molecule has 0 aliphatic carbocycles. The van der Waals surface area contributed by atoms with Gasteiger partial charge >= 0.3 is 0 Å². The van der Waals surface area contributed by atoms with Crippen LogP contribution in [0.25, 0.3) is 0 Å². The minimum absolute atomic E-state index is 0.105. The van der Waals surface area contributed by atoms with E-state index in [1.807, 2.05) is 30.3 Å². The Bertz CT molecular complexity index is 407. The van der Waals surface area contributed by atoms with Gasteiger partial charge in [0, 0.05) is 19.1 Å². The van der Waals surface area contributed by atoms with Gasteiger partial charge in [-0.25, -0.2) is 0 Å². The lowest BCUT2D eigenvalue weighted by atomic mass is 9.98. The Morgan fingerprint density at radius 1 is 1.35 bits per heavy atom. The van der Waals surface area contributed by atoms with Crippen LogP contribution in [-0.2, 0) is 16.1 Å². The number of carbonyl (C=O) groups is 1. The molecule has 1 aliphatic rings. The Kier molecular flexibility index (Phi) is 6.02. The third-order valence-electron chi connectivity index (χ3n) is 3.59. The third kappa shape index (κ3) is 5.31. The second-order valence-electron chi connectivity index (χ2n) is 5.37. The van der Waals surface area contributed by atoms with E-state index in [1.165, 1.54) is 0 Å². The van der Waals surface area contributed by atoms with E-state index in [0.717, 1.165) is 18.4 Å². The first-order valence-electron chi connectivity index (χ1n) is 7.33. The van der Waals surface area contributed by atoms with Crippen molar-refractivity contribution >= 4 is 5.91 Å². The van der Waals surface area contributed by atoms with E-state index in [0.29, 0.717) is 32.5 Å². The second kappa shape index (κ2) is 8.02. The molecule has 1 aromatic rings. The summed E-state index contributed by atoms with van der Waals surface area (Å²) in [6.45, 7) is 1.12. The SMILES string of the molecule is O=C1CCC[C@@H](C[C@H](O)CCOCc2ccccc2)N1.